The Hall–Kier alpha value is -3.51. The van der Waals surface area contributed by atoms with Gasteiger partial charge in [-0.1, -0.05) is 6.07 Å². The maximum atomic E-state index is 5.13. The van der Waals surface area contributed by atoms with Gasteiger partial charge in [-0.05, 0) is 59.7 Å². The first-order chi connectivity index (χ1) is 14.2. The molecule has 0 radical (unpaired) electrons. The van der Waals surface area contributed by atoms with Crippen LogP contribution in [0.4, 0.5) is 17.3 Å². The van der Waals surface area contributed by atoms with E-state index in [1.165, 1.54) is 0 Å². The first kappa shape index (κ1) is 18.8. The minimum atomic E-state index is 0.578. The Bertz CT molecular complexity index is 1080. The average molecular weight is 385 g/mol. The van der Waals surface area contributed by atoms with Crippen LogP contribution >= 0.6 is 0 Å². The molecule has 0 saturated heterocycles. The largest absolute Gasteiger partial charge is 0.383 e. The molecule has 4 rings (SSSR count). The first-order valence-electron chi connectivity index (χ1n) is 9.47. The number of methoxy groups -OCH3 is 1. The fourth-order valence-electron chi connectivity index (χ4n) is 3.10. The lowest BCUT2D eigenvalue weighted by Gasteiger charge is -2.19. The smallest absolute Gasteiger partial charge is 0.227 e. The van der Waals surface area contributed by atoms with Gasteiger partial charge in [0, 0.05) is 56.1 Å². The summed E-state index contributed by atoms with van der Waals surface area (Å²) < 4.78 is 5.13. The van der Waals surface area contributed by atoms with Crippen molar-refractivity contribution in [3.05, 3.63) is 73.2 Å². The molecule has 0 saturated carbocycles. The summed E-state index contributed by atoms with van der Waals surface area (Å²) in [6, 6.07) is 18.4. The van der Waals surface area contributed by atoms with Gasteiger partial charge in [-0.2, -0.15) is 0 Å². The molecule has 0 aliphatic carbocycles. The number of rotatable bonds is 7. The van der Waals surface area contributed by atoms with Crippen LogP contribution in [0.2, 0.25) is 0 Å². The van der Waals surface area contributed by atoms with Gasteiger partial charge in [-0.15, -0.1) is 0 Å². The van der Waals surface area contributed by atoms with Crippen LogP contribution in [-0.4, -0.2) is 42.3 Å². The molecular weight excluding hydrogens is 362 g/mol. The quantitative estimate of drug-likeness (QED) is 0.505. The molecule has 0 amide bonds. The second-order valence-electron chi connectivity index (χ2n) is 6.79. The van der Waals surface area contributed by atoms with Gasteiger partial charge in [-0.25, -0.2) is 9.97 Å². The van der Waals surface area contributed by atoms with Crippen molar-refractivity contribution in [1.29, 1.82) is 0 Å². The van der Waals surface area contributed by atoms with Crippen molar-refractivity contribution in [1.82, 2.24) is 15.0 Å². The summed E-state index contributed by atoms with van der Waals surface area (Å²) in [5, 5.41) is 4.28. The summed E-state index contributed by atoms with van der Waals surface area (Å²) in [7, 11) is 3.76. The van der Waals surface area contributed by atoms with Gasteiger partial charge < -0.3 is 15.0 Å². The molecule has 0 aliphatic heterocycles. The Morgan fingerprint density at radius 2 is 1.76 bits per heavy atom. The molecule has 0 bridgehead atoms. The lowest BCUT2D eigenvalue weighted by atomic mass is 10.1. The van der Waals surface area contributed by atoms with E-state index >= 15 is 0 Å². The lowest BCUT2D eigenvalue weighted by Crippen LogP contribution is -2.21. The van der Waals surface area contributed by atoms with Crippen LogP contribution in [0, 0.1) is 0 Å². The third-order valence-electron chi connectivity index (χ3n) is 4.79. The molecule has 2 heterocycles. The number of anilines is 3. The number of likely N-dealkylation sites (N-methyl/N-ethyl adjacent to an activating group) is 1. The predicted octanol–water partition coefficient (Wildman–Crippen LogP) is 4.52. The highest BCUT2D eigenvalue weighted by atomic mass is 16.5. The normalized spacial score (nSPS) is 10.8. The molecule has 1 N–H and O–H groups in total. The van der Waals surface area contributed by atoms with Crippen LogP contribution in [0.5, 0.6) is 0 Å². The van der Waals surface area contributed by atoms with Crippen LogP contribution < -0.4 is 10.2 Å². The van der Waals surface area contributed by atoms with Gasteiger partial charge in [-0.3, -0.25) is 4.98 Å². The highest BCUT2D eigenvalue weighted by molar-refractivity contribution is 5.84. The Morgan fingerprint density at radius 1 is 0.966 bits per heavy atom. The van der Waals surface area contributed by atoms with E-state index in [-0.39, 0.29) is 0 Å². The number of nitrogens with one attached hydrogen (secondary N) is 1. The van der Waals surface area contributed by atoms with Crippen LogP contribution in [0.3, 0.4) is 0 Å². The summed E-state index contributed by atoms with van der Waals surface area (Å²) >= 11 is 0. The van der Waals surface area contributed by atoms with Gasteiger partial charge >= 0.3 is 0 Å². The van der Waals surface area contributed by atoms with Crippen LogP contribution in [0.15, 0.2) is 73.2 Å². The molecule has 2 aromatic heterocycles. The predicted molar refractivity (Wildman–Crippen MR) is 118 cm³/mol. The number of ether oxygens (including phenoxy) is 1. The van der Waals surface area contributed by atoms with Gasteiger partial charge in [0.15, 0.2) is 0 Å². The Kier molecular flexibility index (Phi) is 5.63. The molecule has 4 aromatic rings. The fourth-order valence-corrected chi connectivity index (χ4v) is 3.10. The van der Waals surface area contributed by atoms with E-state index in [4.69, 9.17) is 4.74 Å². The van der Waals surface area contributed by atoms with Crippen molar-refractivity contribution in [2.24, 2.45) is 0 Å². The molecule has 2 aromatic carbocycles. The van der Waals surface area contributed by atoms with E-state index in [1.54, 1.807) is 19.5 Å². The maximum absolute atomic E-state index is 5.13. The number of benzene rings is 2. The number of hydrogen-bond acceptors (Lipinski definition) is 6. The third-order valence-corrected chi connectivity index (χ3v) is 4.79. The maximum Gasteiger partial charge on any atom is 0.227 e. The Morgan fingerprint density at radius 3 is 2.52 bits per heavy atom. The molecule has 0 fully saturated rings. The molecule has 0 unspecified atom stereocenters. The second-order valence-corrected chi connectivity index (χ2v) is 6.79. The van der Waals surface area contributed by atoms with Crippen molar-refractivity contribution in [2.45, 2.75) is 0 Å². The Balaban J connectivity index is 1.50. The number of fused-ring (bicyclic) bond motifs is 1. The zero-order valence-corrected chi connectivity index (χ0v) is 16.5. The SMILES string of the molecule is COCCN(C)c1ccc(Nc2ncc3cc(-c4ccncc4)ccc3n2)cc1. The molecule has 6 heteroatoms. The summed E-state index contributed by atoms with van der Waals surface area (Å²) in [4.78, 5) is 15.3. The number of aromatic nitrogens is 3. The van der Waals surface area contributed by atoms with E-state index < -0.39 is 0 Å². The standard InChI is InChI=1S/C23H23N5O/c1-28(13-14-29-2)21-6-4-20(5-7-21)26-23-25-16-19-15-18(3-8-22(19)27-23)17-9-11-24-12-10-17/h3-12,15-16H,13-14H2,1-2H3,(H,25,26,27). The molecule has 6 nitrogen and oxygen atoms in total. The fraction of sp³-hybridized carbons (Fsp3) is 0.174. The zero-order chi connectivity index (χ0) is 20.1. The van der Waals surface area contributed by atoms with Crippen LogP contribution in [0.1, 0.15) is 0 Å². The number of pyridine rings is 1. The monoisotopic (exact) mass is 385 g/mol. The van der Waals surface area contributed by atoms with Crippen molar-refractivity contribution in [3.63, 3.8) is 0 Å². The van der Waals surface area contributed by atoms with E-state index in [9.17, 15) is 0 Å². The van der Waals surface area contributed by atoms with E-state index in [0.717, 1.165) is 39.9 Å². The van der Waals surface area contributed by atoms with E-state index in [0.29, 0.717) is 12.6 Å². The van der Waals surface area contributed by atoms with E-state index in [2.05, 4.69) is 49.4 Å². The molecule has 0 spiro atoms. The van der Waals surface area contributed by atoms with Crippen LogP contribution in [0.25, 0.3) is 22.0 Å². The minimum absolute atomic E-state index is 0.578. The van der Waals surface area contributed by atoms with Crippen molar-refractivity contribution in [3.8, 4) is 11.1 Å². The first-order valence-corrected chi connectivity index (χ1v) is 9.47. The van der Waals surface area contributed by atoms with Crippen molar-refractivity contribution >= 4 is 28.2 Å². The number of nitrogens with zero attached hydrogens (tertiary/aromatic N) is 4. The number of hydrogen-bond donors (Lipinski definition) is 1. The molecule has 0 aliphatic rings. The van der Waals surface area contributed by atoms with Gasteiger partial charge in [0.2, 0.25) is 5.95 Å². The van der Waals surface area contributed by atoms with Gasteiger partial charge in [0.1, 0.15) is 0 Å². The van der Waals surface area contributed by atoms with Gasteiger partial charge in [0.25, 0.3) is 0 Å². The van der Waals surface area contributed by atoms with E-state index in [1.807, 2.05) is 43.6 Å². The average Bonchev–Trinajstić information content (AvgIpc) is 2.78. The summed E-state index contributed by atoms with van der Waals surface area (Å²) in [6.07, 6.45) is 5.44. The molecule has 0 atom stereocenters. The van der Waals surface area contributed by atoms with Crippen molar-refractivity contribution < 1.29 is 4.74 Å². The second kappa shape index (κ2) is 8.67. The Labute approximate surface area is 170 Å². The highest BCUT2D eigenvalue weighted by Gasteiger charge is 2.05. The molecular formula is C23H23N5O. The lowest BCUT2D eigenvalue weighted by molar-refractivity contribution is 0.206. The summed E-state index contributed by atoms with van der Waals surface area (Å²) in [5.74, 6) is 0.578. The summed E-state index contributed by atoms with van der Waals surface area (Å²) in [5.41, 5.74) is 5.23. The van der Waals surface area contributed by atoms with Crippen molar-refractivity contribution in [2.75, 3.05) is 37.5 Å². The topological polar surface area (TPSA) is 63.2 Å². The summed E-state index contributed by atoms with van der Waals surface area (Å²) in [6.45, 7) is 1.54. The minimum Gasteiger partial charge on any atom is -0.383 e. The van der Waals surface area contributed by atoms with Crippen LogP contribution in [-0.2, 0) is 4.74 Å². The third kappa shape index (κ3) is 4.50. The van der Waals surface area contributed by atoms with Gasteiger partial charge in [0.05, 0.1) is 12.1 Å². The highest BCUT2D eigenvalue weighted by Crippen LogP contribution is 2.24. The molecule has 146 valence electrons. The zero-order valence-electron chi connectivity index (χ0n) is 16.5. The molecule has 29 heavy (non-hydrogen) atoms.